The Morgan fingerprint density at radius 1 is 1.06 bits per heavy atom. The highest BCUT2D eigenvalue weighted by molar-refractivity contribution is 7.89. The molecule has 0 aliphatic carbocycles. The van der Waals surface area contributed by atoms with Crippen LogP contribution in [0.5, 0.6) is 0 Å². The molecule has 0 saturated carbocycles. The SMILES string of the molecule is NS(=O)(=O)C(c1cc(F)c(F)c(F)c1)C(F)(F)F. The Morgan fingerprint density at radius 3 is 1.72 bits per heavy atom. The Morgan fingerprint density at radius 2 is 1.44 bits per heavy atom. The minimum absolute atomic E-state index is 0.0685. The third-order valence-electron chi connectivity index (χ3n) is 1.93. The maximum atomic E-state index is 12.8. The number of hydrogen-bond acceptors (Lipinski definition) is 2. The molecule has 3 nitrogen and oxygen atoms in total. The lowest BCUT2D eigenvalue weighted by Crippen LogP contribution is -2.33. The minimum atomic E-state index is -5.38. The third-order valence-corrected chi connectivity index (χ3v) is 3.13. The number of rotatable bonds is 2. The Labute approximate surface area is 97.3 Å². The van der Waals surface area contributed by atoms with Gasteiger partial charge in [-0.3, -0.25) is 0 Å². The molecule has 0 aliphatic heterocycles. The van der Waals surface area contributed by atoms with Gasteiger partial charge in [0.1, 0.15) is 0 Å². The Balaban J connectivity index is 3.51. The van der Waals surface area contributed by atoms with E-state index in [-0.39, 0.29) is 12.1 Å². The van der Waals surface area contributed by atoms with E-state index in [2.05, 4.69) is 5.14 Å². The van der Waals surface area contributed by atoms with Crippen LogP contribution in [0.1, 0.15) is 10.8 Å². The molecule has 1 rings (SSSR count). The van der Waals surface area contributed by atoms with Gasteiger partial charge in [-0.15, -0.1) is 0 Å². The van der Waals surface area contributed by atoms with Crippen molar-refractivity contribution in [3.8, 4) is 0 Å². The number of primary sulfonamides is 1. The van der Waals surface area contributed by atoms with E-state index in [1.807, 2.05) is 0 Å². The average Bonchev–Trinajstić information content (AvgIpc) is 2.08. The van der Waals surface area contributed by atoms with Crippen molar-refractivity contribution < 1.29 is 34.8 Å². The van der Waals surface area contributed by atoms with Gasteiger partial charge < -0.3 is 0 Å². The first kappa shape index (κ1) is 14.8. The summed E-state index contributed by atoms with van der Waals surface area (Å²) >= 11 is 0. The molecule has 1 aromatic rings. The highest BCUT2D eigenvalue weighted by atomic mass is 32.2. The summed E-state index contributed by atoms with van der Waals surface area (Å²) in [6.07, 6.45) is -5.38. The van der Waals surface area contributed by atoms with Crippen LogP contribution in [-0.2, 0) is 10.0 Å². The maximum absolute atomic E-state index is 12.8. The fourth-order valence-electron chi connectivity index (χ4n) is 1.29. The first-order valence-corrected chi connectivity index (χ1v) is 5.78. The van der Waals surface area contributed by atoms with Crippen molar-refractivity contribution in [2.75, 3.05) is 0 Å². The van der Waals surface area contributed by atoms with Crippen LogP contribution in [0.3, 0.4) is 0 Å². The van der Waals surface area contributed by atoms with Crippen molar-refractivity contribution in [2.45, 2.75) is 11.4 Å². The molecule has 18 heavy (non-hydrogen) atoms. The lowest BCUT2D eigenvalue weighted by molar-refractivity contribution is -0.131. The van der Waals surface area contributed by atoms with E-state index in [9.17, 15) is 34.8 Å². The third kappa shape index (κ3) is 2.93. The van der Waals surface area contributed by atoms with Gasteiger partial charge in [-0.25, -0.2) is 26.7 Å². The van der Waals surface area contributed by atoms with Crippen molar-refractivity contribution in [1.29, 1.82) is 0 Å². The molecule has 0 aromatic heterocycles. The zero-order valence-corrected chi connectivity index (χ0v) is 9.12. The van der Waals surface area contributed by atoms with Crippen LogP contribution in [0.15, 0.2) is 12.1 Å². The van der Waals surface area contributed by atoms with Gasteiger partial charge in [-0.05, 0) is 17.7 Å². The van der Waals surface area contributed by atoms with E-state index in [0.29, 0.717) is 0 Å². The molecule has 10 heteroatoms. The normalized spacial score (nSPS) is 14.6. The maximum Gasteiger partial charge on any atom is 0.410 e. The van der Waals surface area contributed by atoms with E-state index in [1.54, 1.807) is 0 Å². The van der Waals surface area contributed by atoms with Crippen molar-refractivity contribution in [3.63, 3.8) is 0 Å². The Hall–Kier alpha value is -1.29. The van der Waals surface area contributed by atoms with Gasteiger partial charge in [-0.2, -0.15) is 13.2 Å². The molecule has 0 fully saturated rings. The fourth-order valence-corrected chi connectivity index (χ4v) is 2.18. The summed E-state index contributed by atoms with van der Waals surface area (Å²) in [6.45, 7) is 0. The topological polar surface area (TPSA) is 60.2 Å². The van der Waals surface area contributed by atoms with Crippen molar-refractivity contribution in [3.05, 3.63) is 35.1 Å². The van der Waals surface area contributed by atoms with E-state index >= 15 is 0 Å². The molecule has 1 atom stereocenters. The molecule has 1 unspecified atom stereocenters. The first-order chi connectivity index (χ1) is 7.94. The summed E-state index contributed by atoms with van der Waals surface area (Å²) < 4.78 is 97.1. The Kier molecular flexibility index (Phi) is 3.63. The fraction of sp³-hybridized carbons (Fsp3) is 0.250. The number of benzene rings is 1. The van der Waals surface area contributed by atoms with E-state index < -0.39 is 44.5 Å². The van der Waals surface area contributed by atoms with Gasteiger partial charge >= 0.3 is 6.18 Å². The van der Waals surface area contributed by atoms with Crippen LogP contribution in [0, 0.1) is 17.5 Å². The largest absolute Gasteiger partial charge is 0.410 e. The Bertz CT molecular complexity index is 544. The van der Waals surface area contributed by atoms with Crippen LogP contribution in [-0.4, -0.2) is 14.6 Å². The van der Waals surface area contributed by atoms with Gasteiger partial charge in [0.25, 0.3) is 0 Å². The lowest BCUT2D eigenvalue weighted by Gasteiger charge is -2.18. The molecule has 0 radical (unpaired) electrons. The number of halogens is 6. The molecule has 0 bridgehead atoms. The van der Waals surface area contributed by atoms with Crippen LogP contribution < -0.4 is 5.14 Å². The molecule has 0 saturated heterocycles. The molecule has 0 aliphatic rings. The molecule has 2 N–H and O–H groups in total. The van der Waals surface area contributed by atoms with Gasteiger partial charge in [-0.1, -0.05) is 0 Å². The number of sulfonamides is 1. The highest BCUT2D eigenvalue weighted by Gasteiger charge is 2.49. The molecular formula is C8H5F6NO2S. The molecular weight excluding hydrogens is 288 g/mol. The van der Waals surface area contributed by atoms with Crippen LogP contribution >= 0.6 is 0 Å². The molecule has 0 spiro atoms. The van der Waals surface area contributed by atoms with Gasteiger partial charge in [0.15, 0.2) is 22.7 Å². The smallest absolute Gasteiger partial charge is 0.228 e. The van der Waals surface area contributed by atoms with E-state index in [0.717, 1.165) is 0 Å². The molecule has 1 aromatic carbocycles. The zero-order valence-electron chi connectivity index (χ0n) is 8.30. The second-order valence-corrected chi connectivity index (χ2v) is 4.96. The summed E-state index contributed by atoms with van der Waals surface area (Å²) in [6, 6.07) is -0.137. The number of hydrogen-bond donors (Lipinski definition) is 1. The van der Waals surface area contributed by atoms with Crippen molar-refractivity contribution in [1.82, 2.24) is 0 Å². The predicted octanol–water partition coefficient (Wildman–Crippen LogP) is 2.00. The summed E-state index contributed by atoms with van der Waals surface area (Å²) in [5.74, 6) is -5.89. The number of alkyl halides is 3. The molecule has 102 valence electrons. The highest BCUT2D eigenvalue weighted by Crippen LogP contribution is 2.38. The minimum Gasteiger partial charge on any atom is -0.228 e. The first-order valence-electron chi connectivity index (χ1n) is 4.17. The summed E-state index contributed by atoms with van der Waals surface area (Å²) in [5, 5.41) is 1.03. The van der Waals surface area contributed by atoms with Crippen LogP contribution in [0.2, 0.25) is 0 Å². The van der Waals surface area contributed by atoms with E-state index in [4.69, 9.17) is 0 Å². The zero-order chi connectivity index (χ0) is 14.3. The predicted molar refractivity (Wildman–Crippen MR) is 48.2 cm³/mol. The van der Waals surface area contributed by atoms with Crippen LogP contribution in [0.4, 0.5) is 26.3 Å². The molecule has 0 heterocycles. The summed E-state index contributed by atoms with van der Waals surface area (Å²) in [4.78, 5) is 0. The quantitative estimate of drug-likeness (QED) is 0.669. The standard InChI is InChI=1S/C8H5F6NO2S/c9-4-1-3(2-5(10)6(4)11)7(8(12,13)14)18(15,16)17/h1-2,7H,(H2,15,16,17). The van der Waals surface area contributed by atoms with Gasteiger partial charge in [0, 0.05) is 0 Å². The molecule has 0 amide bonds. The summed E-state index contributed by atoms with van der Waals surface area (Å²) in [5.41, 5.74) is -1.33. The monoisotopic (exact) mass is 293 g/mol. The van der Waals surface area contributed by atoms with Crippen molar-refractivity contribution >= 4 is 10.0 Å². The van der Waals surface area contributed by atoms with Crippen LogP contribution in [0.25, 0.3) is 0 Å². The summed E-state index contributed by atoms with van der Waals surface area (Å²) in [7, 11) is -5.20. The number of nitrogens with two attached hydrogens (primary N) is 1. The van der Waals surface area contributed by atoms with Gasteiger partial charge in [0.05, 0.1) is 0 Å². The lowest BCUT2D eigenvalue weighted by atomic mass is 10.1. The van der Waals surface area contributed by atoms with Gasteiger partial charge in [0.2, 0.25) is 10.0 Å². The second-order valence-electron chi connectivity index (χ2n) is 3.31. The van der Waals surface area contributed by atoms with Crippen molar-refractivity contribution in [2.24, 2.45) is 5.14 Å². The average molecular weight is 293 g/mol. The second kappa shape index (κ2) is 4.43. The van der Waals surface area contributed by atoms with E-state index in [1.165, 1.54) is 0 Å².